The van der Waals surface area contributed by atoms with Gasteiger partial charge in [-0.15, -0.1) is 0 Å². The lowest BCUT2D eigenvalue weighted by Gasteiger charge is -2.30. The number of nitrogens with zero attached hydrogens (tertiary/aromatic N) is 3. The third-order valence-electron chi connectivity index (χ3n) is 5.85. The van der Waals surface area contributed by atoms with E-state index in [4.69, 9.17) is 10.2 Å². The molecule has 1 aliphatic heterocycles. The number of nitrogens with one attached hydrogen (secondary N) is 1. The number of thioether (sulfide) groups is 1. The third-order valence-corrected chi connectivity index (χ3v) is 6.68. The Bertz CT molecular complexity index is 1200. The molecule has 0 bridgehead atoms. The van der Waals surface area contributed by atoms with Crippen molar-refractivity contribution in [2.45, 2.75) is 31.8 Å². The van der Waals surface area contributed by atoms with Gasteiger partial charge in [-0.05, 0) is 38.8 Å². The summed E-state index contributed by atoms with van der Waals surface area (Å²) in [5.74, 6) is 0.329. The molecule has 3 amide bonds. The van der Waals surface area contributed by atoms with Crippen LogP contribution in [0.4, 0.5) is 5.82 Å². The number of piperidine rings is 1. The van der Waals surface area contributed by atoms with Gasteiger partial charge in [-0.1, -0.05) is 30.0 Å². The molecule has 3 aromatic rings. The molecule has 9 nitrogen and oxygen atoms in total. The van der Waals surface area contributed by atoms with E-state index in [0.29, 0.717) is 59.3 Å². The summed E-state index contributed by atoms with van der Waals surface area (Å²) in [6, 6.07) is 8.85. The fourth-order valence-electron chi connectivity index (χ4n) is 3.79. The van der Waals surface area contributed by atoms with E-state index in [9.17, 15) is 14.4 Å². The van der Waals surface area contributed by atoms with Gasteiger partial charge in [0.25, 0.3) is 5.91 Å². The second-order valence-electron chi connectivity index (χ2n) is 7.98. The highest BCUT2D eigenvalue weighted by molar-refractivity contribution is 7.99. The summed E-state index contributed by atoms with van der Waals surface area (Å²) in [6.07, 6.45) is 1.16. The van der Waals surface area contributed by atoms with Crippen LogP contribution in [-0.2, 0) is 9.59 Å². The van der Waals surface area contributed by atoms with Gasteiger partial charge in [-0.2, -0.15) is 4.98 Å². The average molecular weight is 468 g/mol. The van der Waals surface area contributed by atoms with E-state index in [2.05, 4.69) is 15.3 Å². The number of amides is 3. The van der Waals surface area contributed by atoms with Crippen LogP contribution in [0.15, 0.2) is 39.9 Å². The zero-order chi connectivity index (χ0) is 23.5. The monoisotopic (exact) mass is 467 g/mol. The number of aromatic nitrogens is 2. The largest absolute Gasteiger partial charge is 0.443 e. The van der Waals surface area contributed by atoms with Crippen LogP contribution in [-0.4, -0.2) is 51.4 Å². The molecule has 0 spiro atoms. The Hall–Kier alpha value is -3.40. The van der Waals surface area contributed by atoms with Gasteiger partial charge in [-0.3, -0.25) is 14.4 Å². The Morgan fingerprint density at radius 3 is 2.52 bits per heavy atom. The van der Waals surface area contributed by atoms with Crippen LogP contribution < -0.4 is 11.1 Å². The van der Waals surface area contributed by atoms with Crippen molar-refractivity contribution >= 4 is 46.4 Å². The number of furan rings is 1. The summed E-state index contributed by atoms with van der Waals surface area (Å²) < 4.78 is 5.77. The fraction of sp³-hybridized carbons (Fsp3) is 0.348. The fourth-order valence-corrected chi connectivity index (χ4v) is 4.52. The normalized spacial score (nSPS) is 14.4. The van der Waals surface area contributed by atoms with E-state index >= 15 is 0 Å². The van der Waals surface area contributed by atoms with Crippen molar-refractivity contribution in [2.75, 3.05) is 24.2 Å². The van der Waals surface area contributed by atoms with Gasteiger partial charge in [-0.25, -0.2) is 4.98 Å². The first kappa shape index (κ1) is 22.8. The van der Waals surface area contributed by atoms with Crippen LogP contribution in [0.3, 0.4) is 0 Å². The molecule has 0 unspecified atom stereocenters. The molecule has 3 N–H and O–H groups in total. The van der Waals surface area contributed by atoms with Gasteiger partial charge < -0.3 is 20.4 Å². The Balaban J connectivity index is 1.51. The highest BCUT2D eigenvalue weighted by Crippen LogP contribution is 2.31. The van der Waals surface area contributed by atoms with Crippen molar-refractivity contribution in [3.63, 3.8) is 0 Å². The number of anilines is 1. The maximum absolute atomic E-state index is 12.7. The Labute approximate surface area is 195 Å². The molecule has 1 fully saturated rings. The number of rotatable bonds is 6. The number of benzene rings is 1. The smallest absolute Gasteiger partial charge is 0.256 e. The minimum Gasteiger partial charge on any atom is -0.443 e. The average Bonchev–Trinajstić information content (AvgIpc) is 3.11. The van der Waals surface area contributed by atoms with Crippen molar-refractivity contribution in [3.8, 4) is 0 Å². The lowest BCUT2D eigenvalue weighted by atomic mass is 9.96. The number of fused-ring (bicyclic) bond motifs is 1. The number of hydrogen-bond donors (Lipinski definition) is 2. The summed E-state index contributed by atoms with van der Waals surface area (Å²) in [5.41, 5.74) is 7.08. The molecule has 2 aromatic heterocycles. The summed E-state index contributed by atoms with van der Waals surface area (Å²) >= 11 is 1.18. The molecule has 0 atom stereocenters. The van der Waals surface area contributed by atoms with Crippen LogP contribution in [0, 0.1) is 19.8 Å². The first-order chi connectivity index (χ1) is 15.8. The van der Waals surface area contributed by atoms with Gasteiger partial charge >= 0.3 is 0 Å². The molecule has 1 aliphatic rings. The minimum atomic E-state index is -0.313. The molecule has 1 aromatic carbocycles. The Morgan fingerprint density at radius 2 is 1.85 bits per heavy atom. The third kappa shape index (κ3) is 5.00. The van der Waals surface area contributed by atoms with Crippen molar-refractivity contribution < 1.29 is 18.8 Å². The minimum absolute atomic E-state index is 0.0618. The molecular formula is C23H25N5O4S. The van der Waals surface area contributed by atoms with Crippen LogP contribution in [0.5, 0.6) is 0 Å². The van der Waals surface area contributed by atoms with Crippen LogP contribution in [0.2, 0.25) is 0 Å². The maximum atomic E-state index is 12.7. The SMILES string of the molecule is Cc1oc2nc(SCC(=O)N3CCC(C(N)=O)CC3)nc(NC(=O)c3ccccc3)c2c1C. The predicted molar refractivity (Wildman–Crippen MR) is 125 cm³/mol. The van der Waals surface area contributed by atoms with E-state index < -0.39 is 0 Å². The summed E-state index contributed by atoms with van der Waals surface area (Å²) in [6.45, 7) is 4.71. The highest BCUT2D eigenvalue weighted by atomic mass is 32.2. The number of carbonyl (C=O) groups excluding carboxylic acids is 3. The Kier molecular flexibility index (Phi) is 6.64. The van der Waals surface area contributed by atoms with E-state index in [0.717, 1.165) is 5.56 Å². The molecule has 4 rings (SSSR count). The van der Waals surface area contributed by atoms with Gasteiger partial charge in [0, 0.05) is 30.1 Å². The lowest BCUT2D eigenvalue weighted by molar-refractivity contribution is -0.132. The van der Waals surface area contributed by atoms with Gasteiger partial charge in [0.15, 0.2) is 5.16 Å². The van der Waals surface area contributed by atoms with E-state index in [1.807, 2.05) is 19.9 Å². The number of carbonyl (C=O) groups is 3. The Morgan fingerprint density at radius 1 is 1.15 bits per heavy atom. The van der Waals surface area contributed by atoms with E-state index in [1.165, 1.54) is 11.8 Å². The predicted octanol–water partition coefficient (Wildman–Crippen LogP) is 2.91. The van der Waals surface area contributed by atoms with E-state index in [-0.39, 0.29) is 29.4 Å². The van der Waals surface area contributed by atoms with E-state index in [1.54, 1.807) is 29.2 Å². The molecule has 33 heavy (non-hydrogen) atoms. The number of aryl methyl sites for hydroxylation is 2. The van der Waals surface area contributed by atoms with Crippen molar-refractivity contribution in [2.24, 2.45) is 11.7 Å². The molecule has 0 radical (unpaired) electrons. The van der Waals surface area contributed by atoms with Crippen molar-refractivity contribution in [1.29, 1.82) is 0 Å². The molecule has 0 saturated carbocycles. The van der Waals surface area contributed by atoms with Crippen LogP contribution in [0.1, 0.15) is 34.5 Å². The molecule has 0 aliphatic carbocycles. The molecule has 3 heterocycles. The lowest BCUT2D eigenvalue weighted by Crippen LogP contribution is -2.42. The molecule has 10 heteroatoms. The molecule has 1 saturated heterocycles. The first-order valence-electron chi connectivity index (χ1n) is 10.7. The van der Waals surface area contributed by atoms with Gasteiger partial charge in [0.1, 0.15) is 11.6 Å². The number of nitrogens with two attached hydrogens (primary N) is 1. The first-order valence-corrected chi connectivity index (χ1v) is 11.7. The number of likely N-dealkylation sites (tertiary alicyclic amines) is 1. The number of hydrogen-bond acceptors (Lipinski definition) is 7. The zero-order valence-electron chi connectivity index (χ0n) is 18.5. The summed E-state index contributed by atoms with van der Waals surface area (Å²) in [4.78, 5) is 47.4. The highest BCUT2D eigenvalue weighted by Gasteiger charge is 2.26. The van der Waals surface area contributed by atoms with Crippen molar-refractivity contribution in [1.82, 2.24) is 14.9 Å². The zero-order valence-corrected chi connectivity index (χ0v) is 19.3. The summed E-state index contributed by atoms with van der Waals surface area (Å²) in [5, 5.41) is 3.83. The van der Waals surface area contributed by atoms with Gasteiger partial charge in [0.05, 0.1) is 11.1 Å². The summed E-state index contributed by atoms with van der Waals surface area (Å²) in [7, 11) is 0. The standard InChI is InChI=1S/C23H25N5O4S/c1-13-14(2)32-22-18(13)20(25-21(31)16-6-4-3-5-7-16)26-23(27-22)33-12-17(29)28-10-8-15(9-11-28)19(24)30/h3-7,15H,8-12H2,1-2H3,(H2,24,30)(H,25,26,27,31). The van der Waals surface area contributed by atoms with Crippen molar-refractivity contribution in [3.05, 3.63) is 47.2 Å². The van der Waals surface area contributed by atoms with Crippen LogP contribution in [0.25, 0.3) is 11.1 Å². The second kappa shape index (κ2) is 9.62. The molecule has 172 valence electrons. The topological polar surface area (TPSA) is 131 Å². The van der Waals surface area contributed by atoms with Gasteiger partial charge in [0.2, 0.25) is 17.5 Å². The van der Waals surface area contributed by atoms with Crippen LogP contribution >= 0.6 is 11.8 Å². The second-order valence-corrected chi connectivity index (χ2v) is 8.93. The maximum Gasteiger partial charge on any atom is 0.256 e. The quantitative estimate of drug-likeness (QED) is 0.421. The number of primary amides is 1. The molecular weight excluding hydrogens is 442 g/mol.